The van der Waals surface area contributed by atoms with Crippen LogP contribution in [-0.2, 0) is 18.4 Å². The van der Waals surface area contributed by atoms with E-state index in [2.05, 4.69) is 141 Å². The molecule has 8 nitrogen and oxygen atoms in total. The van der Waals surface area contributed by atoms with Crippen LogP contribution in [-0.4, -0.2) is 68.5 Å². The van der Waals surface area contributed by atoms with E-state index in [9.17, 15) is 19.4 Å². The van der Waals surface area contributed by atoms with E-state index in [0.29, 0.717) is 17.4 Å². The van der Waals surface area contributed by atoms with Crippen molar-refractivity contribution in [1.82, 2.24) is 5.32 Å². The van der Waals surface area contributed by atoms with E-state index in [-0.39, 0.29) is 12.5 Å². The van der Waals surface area contributed by atoms with Gasteiger partial charge in [-0.1, -0.05) is 270 Å². The van der Waals surface area contributed by atoms with E-state index < -0.39 is 26.6 Å². The second-order valence-corrected chi connectivity index (χ2v) is 23.4. The zero-order valence-corrected chi connectivity index (χ0v) is 51.7. The summed E-state index contributed by atoms with van der Waals surface area (Å²) in [5, 5.41) is 13.9. The first-order valence-electron chi connectivity index (χ1n) is 31.5. The number of carbonyl (C=O) groups excluding carboxylic acids is 1. The van der Waals surface area contributed by atoms with Gasteiger partial charge >= 0.3 is 0 Å². The number of quaternary nitrogens is 1. The third kappa shape index (κ3) is 60.3. The largest absolute Gasteiger partial charge is 0.756 e. The molecule has 0 saturated carbocycles. The Hall–Kier alpha value is -3.36. The molecule has 0 aliphatic rings. The Labute approximate surface area is 481 Å². The van der Waals surface area contributed by atoms with Gasteiger partial charge in [0.25, 0.3) is 7.82 Å². The second-order valence-electron chi connectivity index (χ2n) is 22.0. The summed E-state index contributed by atoms with van der Waals surface area (Å²) < 4.78 is 23.3. The summed E-state index contributed by atoms with van der Waals surface area (Å²) in [7, 11) is 1.23. The van der Waals surface area contributed by atoms with E-state index in [4.69, 9.17) is 9.05 Å². The number of phosphoric ester groups is 1. The summed E-state index contributed by atoms with van der Waals surface area (Å²) in [4.78, 5) is 25.5. The molecule has 78 heavy (non-hydrogen) atoms. The number of aliphatic hydroxyl groups is 1. The number of unbranched alkanes of at least 4 members (excludes halogenated alkanes) is 23. The number of nitrogens with zero attached hydrogens (tertiary/aromatic N) is 1. The molecule has 2 N–H and O–H groups in total. The van der Waals surface area contributed by atoms with Gasteiger partial charge in [0.2, 0.25) is 5.91 Å². The van der Waals surface area contributed by atoms with Crippen LogP contribution in [0, 0.1) is 0 Å². The number of nitrogens with one attached hydrogen (secondary N) is 1. The van der Waals surface area contributed by atoms with Gasteiger partial charge in [0.1, 0.15) is 13.2 Å². The number of aliphatic hydroxyl groups excluding tert-OH is 1. The molecule has 0 fully saturated rings. The summed E-state index contributed by atoms with van der Waals surface area (Å²) in [6, 6.07) is -0.911. The summed E-state index contributed by atoms with van der Waals surface area (Å²) in [5.41, 5.74) is 0. The van der Waals surface area contributed by atoms with Crippen molar-refractivity contribution in [2.75, 3.05) is 40.9 Å². The molecule has 0 radical (unpaired) electrons. The molecule has 9 heteroatoms. The van der Waals surface area contributed by atoms with Crippen LogP contribution in [0.5, 0.6) is 0 Å². The van der Waals surface area contributed by atoms with Crippen LogP contribution in [0.25, 0.3) is 0 Å². The van der Waals surface area contributed by atoms with Gasteiger partial charge in [0.05, 0.1) is 39.9 Å². The maximum atomic E-state index is 13.0. The standard InChI is InChI=1S/C69H119N2O6P/c1-6-8-10-12-14-16-18-20-22-23-24-25-26-27-28-29-30-31-32-33-34-35-36-37-38-39-40-41-42-43-44-45-46-47-49-51-53-55-57-59-61-63-69(73)70-67(66-77-78(74,75)76-65-64-71(3,4)5)68(72)62-60-58-56-54-52-50-48-21-19-17-15-13-11-9-7-2/h8,10,14,16,20,22,24-25,27-28,30-31,33-34,36-37,39-40,52,54,60,62,67-68,72H,6-7,9,11-13,15,17-19,21,23,26,29,32,35,38,41-51,53,55-59,61,63-66H2,1-5H3,(H-,70,73,74,75)/b10-8-,16-14-,22-20-,25-24-,28-27-,31-30-,34-33-,37-36-,40-39-,54-52+,62-60+. The van der Waals surface area contributed by atoms with Crippen molar-refractivity contribution in [2.24, 2.45) is 0 Å². The first kappa shape index (κ1) is 74.6. The fraction of sp³-hybridized carbons (Fsp3) is 0.667. The zero-order valence-electron chi connectivity index (χ0n) is 50.8. The van der Waals surface area contributed by atoms with E-state index in [1.54, 1.807) is 6.08 Å². The van der Waals surface area contributed by atoms with Crippen LogP contribution in [0.4, 0.5) is 0 Å². The first-order chi connectivity index (χ1) is 38.0. The Bertz CT molecular complexity index is 1730. The molecule has 446 valence electrons. The molecule has 0 bridgehead atoms. The number of likely N-dealkylation sites (N-methyl/N-ethyl adjacent to an activating group) is 1. The van der Waals surface area contributed by atoms with E-state index >= 15 is 0 Å². The van der Waals surface area contributed by atoms with E-state index in [1.165, 1.54) is 128 Å². The summed E-state index contributed by atoms with van der Waals surface area (Å²) >= 11 is 0. The minimum atomic E-state index is -4.61. The zero-order chi connectivity index (χ0) is 57.0. The lowest BCUT2D eigenvalue weighted by Crippen LogP contribution is -2.45. The second kappa shape index (κ2) is 58.3. The van der Waals surface area contributed by atoms with Crippen molar-refractivity contribution in [2.45, 2.75) is 257 Å². The Morgan fingerprint density at radius 1 is 0.462 bits per heavy atom. The fourth-order valence-electron chi connectivity index (χ4n) is 8.46. The topological polar surface area (TPSA) is 108 Å². The Morgan fingerprint density at radius 3 is 1.19 bits per heavy atom. The number of rotatable bonds is 56. The highest BCUT2D eigenvalue weighted by molar-refractivity contribution is 7.45. The van der Waals surface area contributed by atoms with Crippen molar-refractivity contribution in [1.29, 1.82) is 0 Å². The maximum Gasteiger partial charge on any atom is 0.268 e. The van der Waals surface area contributed by atoms with Crippen LogP contribution < -0.4 is 10.2 Å². The van der Waals surface area contributed by atoms with Crippen molar-refractivity contribution in [3.05, 3.63) is 134 Å². The minimum Gasteiger partial charge on any atom is -0.756 e. The number of allylic oxidation sites excluding steroid dienone is 21. The lowest BCUT2D eigenvalue weighted by molar-refractivity contribution is -0.870. The summed E-state index contributed by atoms with van der Waals surface area (Å²) in [5.74, 6) is -0.213. The molecule has 0 heterocycles. The average Bonchev–Trinajstić information content (AvgIpc) is 3.41. The molecule has 0 aliphatic carbocycles. The van der Waals surface area contributed by atoms with Gasteiger partial charge in [0.15, 0.2) is 0 Å². The van der Waals surface area contributed by atoms with Gasteiger partial charge in [-0.15, -0.1) is 0 Å². The highest BCUT2D eigenvalue weighted by Crippen LogP contribution is 2.38. The van der Waals surface area contributed by atoms with E-state index in [1.807, 2.05) is 27.2 Å². The molecule has 1 amide bonds. The SMILES string of the molecule is CC/C=C\C/C=C\C/C=C\C/C=C\C/C=C\C/C=C\C/C=C\C/C=C\C/C=C\CCCCCCCCCCCCCCCC(=O)NC(COP(=O)([O-])OCC[N+](C)(C)C)C(O)/C=C/CC/C=C/CCCCCCCCCCC. The van der Waals surface area contributed by atoms with Crippen LogP contribution in [0.1, 0.15) is 245 Å². The molecule has 0 aliphatic heterocycles. The van der Waals surface area contributed by atoms with Gasteiger partial charge in [-0.25, -0.2) is 0 Å². The van der Waals surface area contributed by atoms with Crippen LogP contribution in [0.15, 0.2) is 134 Å². The Kier molecular flexibility index (Phi) is 55.8. The third-order valence-electron chi connectivity index (χ3n) is 13.3. The van der Waals surface area contributed by atoms with Gasteiger partial charge < -0.3 is 28.8 Å². The van der Waals surface area contributed by atoms with Crippen LogP contribution in [0.2, 0.25) is 0 Å². The molecule has 0 aromatic heterocycles. The number of amides is 1. The molecule has 0 rings (SSSR count). The first-order valence-corrected chi connectivity index (χ1v) is 33.0. The molecule has 0 spiro atoms. The monoisotopic (exact) mass is 1100 g/mol. The van der Waals surface area contributed by atoms with Crippen LogP contribution in [0.3, 0.4) is 0 Å². The number of hydrogen-bond donors (Lipinski definition) is 2. The maximum absolute atomic E-state index is 13.0. The van der Waals surface area contributed by atoms with Crippen molar-refractivity contribution >= 4 is 13.7 Å². The highest BCUT2D eigenvalue weighted by Gasteiger charge is 2.23. The molecule has 0 aromatic carbocycles. The lowest BCUT2D eigenvalue weighted by atomic mass is 10.0. The molecule has 0 aromatic rings. The quantitative estimate of drug-likeness (QED) is 0.0272. The predicted molar refractivity (Wildman–Crippen MR) is 338 cm³/mol. The number of carbonyl (C=O) groups is 1. The molecular formula is C69H119N2O6P. The van der Waals surface area contributed by atoms with Crippen molar-refractivity contribution in [3.63, 3.8) is 0 Å². The normalized spacial score (nSPS) is 14.7. The number of phosphoric acid groups is 1. The van der Waals surface area contributed by atoms with Gasteiger partial charge in [-0.3, -0.25) is 9.36 Å². The van der Waals surface area contributed by atoms with Gasteiger partial charge in [-0.05, 0) is 103 Å². The van der Waals surface area contributed by atoms with Crippen molar-refractivity contribution < 1.29 is 32.9 Å². The summed E-state index contributed by atoms with van der Waals surface area (Å²) in [6.07, 6.45) is 88.4. The predicted octanol–water partition coefficient (Wildman–Crippen LogP) is 19.2. The smallest absolute Gasteiger partial charge is 0.268 e. The third-order valence-corrected chi connectivity index (χ3v) is 14.3. The Balaban J connectivity index is 4.07. The van der Waals surface area contributed by atoms with E-state index in [0.717, 1.165) is 96.3 Å². The Morgan fingerprint density at radius 2 is 0.795 bits per heavy atom. The van der Waals surface area contributed by atoms with Crippen molar-refractivity contribution in [3.8, 4) is 0 Å². The summed E-state index contributed by atoms with van der Waals surface area (Å²) in [6.45, 7) is 4.50. The lowest BCUT2D eigenvalue weighted by Gasteiger charge is -2.29. The molecular weight excluding hydrogens is 984 g/mol. The van der Waals surface area contributed by atoms with Gasteiger partial charge in [0, 0.05) is 6.42 Å². The number of hydrogen-bond acceptors (Lipinski definition) is 6. The fourth-order valence-corrected chi connectivity index (χ4v) is 9.18. The van der Waals surface area contributed by atoms with Gasteiger partial charge in [-0.2, -0.15) is 0 Å². The highest BCUT2D eigenvalue weighted by atomic mass is 31.2. The molecule has 3 unspecified atom stereocenters. The van der Waals surface area contributed by atoms with Crippen LogP contribution >= 0.6 is 7.82 Å². The minimum absolute atomic E-state index is 0.0116. The molecule has 0 saturated heterocycles. The molecule has 3 atom stereocenters. The average molecular weight is 1100 g/mol.